The van der Waals surface area contributed by atoms with E-state index in [1.54, 1.807) is 6.33 Å². The summed E-state index contributed by atoms with van der Waals surface area (Å²) >= 11 is 0. The highest BCUT2D eigenvalue weighted by atomic mass is 16.5. The molecule has 0 spiro atoms. The summed E-state index contributed by atoms with van der Waals surface area (Å²) in [5, 5.41) is 9.79. The van der Waals surface area contributed by atoms with Crippen molar-refractivity contribution in [3.63, 3.8) is 0 Å². The summed E-state index contributed by atoms with van der Waals surface area (Å²) in [4.78, 5) is 28.8. The van der Waals surface area contributed by atoms with Crippen LogP contribution in [0.4, 0.5) is 17.5 Å². The van der Waals surface area contributed by atoms with Crippen molar-refractivity contribution in [2.75, 3.05) is 23.8 Å². The zero-order valence-corrected chi connectivity index (χ0v) is 21.4. The van der Waals surface area contributed by atoms with E-state index in [0.717, 1.165) is 41.2 Å². The van der Waals surface area contributed by atoms with Gasteiger partial charge in [0, 0.05) is 18.3 Å². The first-order valence-corrected chi connectivity index (χ1v) is 12.9. The first-order chi connectivity index (χ1) is 17.4. The first kappa shape index (κ1) is 25.7. The molecule has 3 aromatic rings. The number of hydrogen-bond donors (Lipinski definition) is 5. The SMILES string of the molecule is Cc1cc(OCCCNC(=O)C(N)C(C)C)ccc1Nc1nc(NC2CCCCC2)c2[nH]cnc2n1. The van der Waals surface area contributed by atoms with Crippen molar-refractivity contribution < 1.29 is 9.53 Å². The van der Waals surface area contributed by atoms with Gasteiger partial charge in [0.05, 0.1) is 19.0 Å². The Morgan fingerprint density at radius 1 is 1.22 bits per heavy atom. The van der Waals surface area contributed by atoms with Crippen LogP contribution in [0.5, 0.6) is 5.75 Å². The van der Waals surface area contributed by atoms with Crippen LogP contribution in [0, 0.1) is 12.8 Å². The monoisotopic (exact) mass is 494 g/mol. The Hall–Kier alpha value is -3.40. The molecule has 1 fully saturated rings. The molecule has 1 amide bonds. The molecule has 10 heteroatoms. The number of fused-ring (bicyclic) bond motifs is 1. The van der Waals surface area contributed by atoms with Gasteiger partial charge in [0.25, 0.3) is 0 Å². The van der Waals surface area contributed by atoms with Gasteiger partial charge in [-0.2, -0.15) is 9.97 Å². The molecule has 1 saturated carbocycles. The third kappa shape index (κ3) is 6.63. The number of aromatic nitrogens is 4. The van der Waals surface area contributed by atoms with Crippen LogP contribution in [0.1, 0.15) is 57.9 Å². The summed E-state index contributed by atoms with van der Waals surface area (Å²) in [6.07, 6.45) is 8.45. The lowest BCUT2D eigenvalue weighted by Crippen LogP contribution is -2.44. The molecule has 0 aliphatic heterocycles. The molecule has 1 aliphatic rings. The van der Waals surface area contributed by atoms with E-state index in [2.05, 4.69) is 30.9 Å². The van der Waals surface area contributed by atoms with Crippen LogP contribution in [0.25, 0.3) is 11.2 Å². The molecular formula is C26H38N8O2. The Bertz CT molecular complexity index is 1160. The van der Waals surface area contributed by atoms with Crippen LogP contribution in [0.15, 0.2) is 24.5 Å². The predicted octanol–water partition coefficient (Wildman–Crippen LogP) is 4.02. The summed E-state index contributed by atoms with van der Waals surface area (Å²) in [5.41, 5.74) is 9.22. The highest BCUT2D eigenvalue weighted by Gasteiger charge is 2.18. The summed E-state index contributed by atoms with van der Waals surface area (Å²) < 4.78 is 5.87. The Balaban J connectivity index is 1.33. The van der Waals surface area contributed by atoms with Crippen molar-refractivity contribution in [1.82, 2.24) is 25.3 Å². The zero-order chi connectivity index (χ0) is 25.5. The number of anilines is 3. The Morgan fingerprint density at radius 3 is 2.78 bits per heavy atom. The first-order valence-electron chi connectivity index (χ1n) is 12.9. The molecule has 1 atom stereocenters. The number of ether oxygens (including phenoxy) is 1. The number of amides is 1. The van der Waals surface area contributed by atoms with E-state index in [1.165, 1.54) is 19.3 Å². The lowest BCUT2D eigenvalue weighted by molar-refractivity contribution is -0.123. The average molecular weight is 495 g/mol. The van der Waals surface area contributed by atoms with Crippen LogP contribution >= 0.6 is 0 Å². The third-order valence-corrected chi connectivity index (χ3v) is 6.59. The van der Waals surface area contributed by atoms with E-state index in [1.807, 2.05) is 39.0 Å². The lowest BCUT2D eigenvalue weighted by Gasteiger charge is -2.23. The maximum Gasteiger partial charge on any atom is 0.237 e. The Labute approximate surface area is 212 Å². The lowest BCUT2D eigenvalue weighted by atomic mass is 9.95. The quantitative estimate of drug-likeness (QED) is 0.252. The average Bonchev–Trinajstić information content (AvgIpc) is 3.34. The number of benzene rings is 1. The highest BCUT2D eigenvalue weighted by molar-refractivity contribution is 5.84. The maximum absolute atomic E-state index is 11.9. The number of carbonyl (C=O) groups is 1. The molecule has 0 saturated heterocycles. The normalized spacial score (nSPS) is 15.1. The summed E-state index contributed by atoms with van der Waals surface area (Å²) in [7, 11) is 0. The summed E-state index contributed by atoms with van der Waals surface area (Å²) in [6.45, 7) is 6.91. The standard InChI is InChI=1S/C26H38N8O2/c1-16(2)21(27)25(35)28-12-7-13-36-19-10-11-20(17(3)14-19)32-26-33-23-22(29-15-30-23)24(34-26)31-18-8-5-4-6-9-18/h10-11,14-16,18,21H,4-9,12-13,27H2,1-3H3,(H,28,35)(H3,29,30,31,32,33,34). The van der Waals surface area contributed by atoms with Crippen LogP contribution < -0.4 is 26.4 Å². The third-order valence-electron chi connectivity index (χ3n) is 6.59. The van der Waals surface area contributed by atoms with Crippen molar-refractivity contribution >= 4 is 34.5 Å². The largest absolute Gasteiger partial charge is 0.494 e. The second kappa shape index (κ2) is 12.0. The Morgan fingerprint density at radius 2 is 2.03 bits per heavy atom. The van der Waals surface area contributed by atoms with E-state index in [-0.39, 0.29) is 11.8 Å². The fraction of sp³-hybridized carbons (Fsp3) is 0.538. The molecule has 4 rings (SSSR count). The Kier molecular flexibility index (Phi) is 8.58. The second-order valence-electron chi connectivity index (χ2n) is 9.84. The van der Waals surface area contributed by atoms with Gasteiger partial charge in [-0.15, -0.1) is 0 Å². The molecule has 2 heterocycles. The molecular weight excluding hydrogens is 456 g/mol. The smallest absolute Gasteiger partial charge is 0.237 e. The van der Waals surface area contributed by atoms with Crippen LogP contribution in [-0.2, 0) is 4.79 Å². The number of hydrogen-bond acceptors (Lipinski definition) is 8. The number of rotatable bonds is 11. The van der Waals surface area contributed by atoms with Crippen molar-refractivity contribution in [2.45, 2.75) is 71.4 Å². The predicted molar refractivity (Wildman–Crippen MR) is 143 cm³/mol. The number of nitrogens with two attached hydrogens (primary N) is 1. The van der Waals surface area contributed by atoms with Gasteiger partial charge >= 0.3 is 0 Å². The van der Waals surface area contributed by atoms with Crippen LogP contribution in [0.2, 0.25) is 0 Å². The van der Waals surface area contributed by atoms with Crippen molar-refractivity contribution in [3.05, 3.63) is 30.1 Å². The van der Waals surface area contributed by atoms with Gasteiger partial charge in [-0.1, -0.05) is 33.1 Å². The van der Waals surface area contributed by atoms with Crippen molar-refractivity contribution in [2.24, 2.45) is 11.7 Å². The van der Waals surface area contributed by atoms with E-state index in [4.69, 9.17) is 15.5 Å². The zero-order valence-electron chi connectivity index (χ0n) is 21.4. The molecule has 0 bridgehead atoms. The van der Waals surface area contributed by atoms with E-state index >= 15 is 0 Å². The number of H-pyrrole nitrogens is 1. The topological polar surface area (TPSA) is 143 Å². The fourth-order valence-corrected chi connectivity index (χ4v) is 4.31. The maximum atomic E-state index is 11.9. The molecule has 1 aromatic carbocycles. The molecule has 36 heavy (non-hydrogen) atoms. The molecule has 6 N–H and O–H groups in total. The van der Waals surface area contributed by atoms with Gasteiger partial charge in [-0.25, -0.2) is 4.98 Å². The van der Waals surface area contributed by atoms with E-state index in [9.17, 15) is 4.79 Å². The highest BCUT2D eigenvalue weighted by Crippen LogP contribution is 2.28. The van der Waals surface area contributed by atoms with Gasteiger partial charge in [0.2, 0.25) is 11.9 Å². The minimum absolute atomic E-state index is 0.114. The molecule has 1 aliphatic carbocycles. The molecule has 0 radical (unpaired) electrons. The second-order valence-corrected chi connectivity index (χ2v) is 9.84. The minimum atomic E-state index is -0.481. The van der Waals surface area contributed by atoms with Gasteiger partial charge in [-0.3, -0.25) is 4.79 Å². The van der Waals surface area contributed by atoms with Gasteiger partial charge in [0.15, 0.2) is 11.5 Å². The number of aromatic amines is 1. The minimum Gasteiger partial charge on any atom is -0.494 e. The number of imidazole rings is 1. The fourth-order valence-electron chi connectivity index (χ4n) is 4.31. The van der Waals surface area contributed by atoms with E-state index in [0.29, 0.717) is 37.2 Å². The van der Waals surface area contributed by atoms with E-state index < -0.39 is 6.04 Å². The van der Waals surface area contributed by atoms with Crippen LogP contribution in [-0.4, -0.2) is 51.1 Å². The van der Waals surface area contributed by atoms with Crippen molar-refractivity contribution in [1.29, 1.82) is 0 Å². The number of nitrogens with zero attached hydrogens (tertiary/aromatic N) is 3. The molecule has 10 nitrogen and oxygen atoms in total. The van der Waals surface area contributed by atoms with Gasteiger partial charge in [-0.05, 0) is 55.9 Å². The molecule has 1 unspecified atom stereocenters. The summed E-state index contributed by atoms with van der Waals surface area (Å²) in [5.74, 6) is 2.05. The molecule has 194 valence electrons. The summed E-state index contributed by atoms with van der Waals surface area (Å²) in [6, 6.07) is 5.79. The van der Waals surface area contributed by atoms with Crippen LogP contribution in [0.3, 0.4) is 0 Å². The van der Waals surface area contributed by atoms with Crippen molar-refractivity contribution in [3.8, 4) is 5.75 Å². The van der Waals surface area contributed by atoms with Gasteiger partial charge < -0.3 is 31.4 Å². The number of carbonyl (C=O) groups excluding carboxylic acids is 1. The van der Waals surface area contributed by atoms with Gasteiger partial charge in [0.1, 0.15) is 11.3 Å². The number of nitrogens with one attached hydrogen (secondary N) is 4. The molecule has 2 aromatic heterocycles. The number of aryl methyl sites for hydroxylation is 1.